The molecule has 14 rings (SSSR count). The van der Waals surface area contributed by atoms with Gasteiger partial charge in [-0.25, -0.2) is 19.2 Å². The van der Waals surface area contributed by atoms with E-state index in [1.807, 2.05) is 116 Å². The maximum absolute atomic E-state index is 12.8. The number of nitrogens with one attached hydrogen (secondary N) is 1. The molecule has 0 saturated carbocycles. The quantitative estimate of drug-likeness (QED) is 0.0234. The van der Waals surface area contributed by atoms with E-state index in [-0.39, 0.29) is 88.5 Å². The first kappa shape index (κ1) is 98.8. The van der Waals surface area contributed by atoms with Crippen LogP contribution in [0.15, 0.2) is 172 Å². The lowest BCUT2D eigenvalue weighted by Crippen LogP contribution is -2.48. The maximum Gasteiger partial charge on any atom is 0.410 e. The van der Waals surface area contributed by atoms with Crippen molar-refractivity contribution < 1.29 is 86.3 Å². The number of hydrogen-bond donors (Lipinski definition) is 1. The van der Waals surface area contributed by atoms with E-state index in [2.05, 4.69) is 21.8 Å². The molecule has 7 aliphatic rings. The van der Waals surface area contributed by atoms with Crippen molar-refractivity contribution in [1.29, 1.82) is 0 Å². The number of ketones is 3. The highest BCUT2D eigenvalue weighted by Gasteiger charge is 2.41. The number of ether oxygens (including phenoxy) is 7. The molecule has 1 N–H and O–H groups in total. The Morgan fingerprint density at radius 3 is 1.50 bits per heavy atom. The maximum atomic E-state index is 12.8. The summed E-state index contributed by atoms with van der Waals surface area (Å²) in [5, 5.41) is 42.6. The third kappa shape index (κ3) is 25.6. The molecular weight excluding hydrogens is 1720 g/mol. The molecule has 0 bridgehead atoms. The smallest absolute Gasteiger partial charge is 0.410 e. The zero-order valence-electron chi connectivity index (χ0n) is 75.6. The molecule has 8 heterocycles. The summed E-state index contributed by atoms with van der Waals surface area (Å²) in [6.07, 6.45) is 2.90. The van der Waals surface area contributed by atoms with Gasteiger partial charge < -0.3 is 63.0 Å². The number of methoxy groups -OCH3 is 3. The van der Waals surface area contributed by atoms with Crippen molar-refractivity contribution in [3.63, 3.8) is 0 Å². The molecule has 2 fully saturated rings. The second kappa shape index (κ2) is 42.7. The molecule has 2 saturated heterocycles. The molecule has 0 spiro atoms. The molecule has 1 unspecified atom stereocenters. The fraction of sp³-hybridized carbons (Fsp3) is 0.415. The Bertz CT molecular complexity index is 5610. The van der Waals surface area contributed by atoms with Crippen molar-refractivity contribution in [1.82, 2.24) is 29.4 Å². The number of hydrogen-bond acceptors (Lipinski definition) is 25. The summed E-state index contributed by atoms with van der Waals surface area (Å²) in [6, 6.07) is 35.8. The Morgan fingerprint density at radius 2 is 0.985 bits per heavy atom. The summed E-state index contributed by atoms with van der Waals surface area (Å²) in [6.45, 7) is 30.5. The third-order valence-electron chi connectivity index (χ3n) is 21.1. The van der Waals surface area contributed by atoms with E-state index in [0.29, 0.717) is 134 Å². The number of rotatable bonds is 16. The van der Waals surface area contributed by atoms with Gasteiger partial charge in [-0.05, 0) is 186 Å². The molecule has 5 amide bonds. The minimum Gasteiger partial charge on any atom is -0.497 e. The normalized spacial score (nSPS) is 16.0. The molecule has 1 atom stereocenters. The number of anilines is 2. The number of nitrogens with zero attached hydrogens (tertiary/aromatic N) is 12. The first-order chi connectivity index (χ1) is 61.4. The molecule has 130 heavy (non-hydrogen) atoms. The van der Waals surface area contributed by atoms with Gasteiger partial charge in [0.05, 0.1) is 126 Å². The lowest BCUT2D eigenvalue weighted by Gasteiger charge is -2.32. The Hall–Kier alpha value is -13.4. The fourth-order valence-electron chi connectivity index (χ4n) is 15.2. The van der Waals surface area contributed by atoms with E-state index < -0.39 is 50.9 Å². The van der Waals surface area contributed by atoms with Gasteiger partial charge >= 0.3 is 24.4 Å². The molecule has 0 radical (unpaired) electrons. The van der Waals surface area contributed by atoms with Crippen LogP contribution in [0.5, 0.6) is 17.2 Å². The molecule has 690 valence electrons. The minimum absolute atomic E-state index is 0.00830. The number of aliphatic imine (C=N–C) groups is 2. The van der Waals surface area contributed by atoms with Crippen LogP contribution in [0.3, 0.4) is 0 Å². The number of halogens is 2. The van der Waals surface area contributed by atoms with Crippen molar-refractivity contribution in [3.05, 3.63) is 236 Å². The van der Waals surface area contributed by atoms with E-state index in [0.717, 1.165) is 63.5 Å². The van der Waals surface area contributed by atoms with Gasteiger partial charge in [0.15, 0.2) is 17.3 Å². The highest BCUT2D eigenvalue weighted by Crippen LogP contribution is 2.48. The number of likely N-dealkylation sites (tertiary alicyclic amines) is 2. The highest BCUT2D eigenvalue weighted by atomic mass is 35.5. The van der Waals surface area contributed by atoms with Gasteiger partial charge in [0.25, 0.3) is 17.1 Å². The minimum atomic E-state index is -0.986. The number of amides is 5. The lowest BCUT2D eigenvalue weighted by molar-refractivity contribution is -0.385. The van der Waals surface area contributed by atoms with Crippen LogP contribution in [0.2, 0.25) is 10.0 Å². The highest BCUT2D eigenvalue weighted by molar-refractivity contribution is 6.41. The zero-order valence-corrected chi connectivity index (χ0v) is 77.1. The van der Waals surface area contributed by atoms with Crippen molar-refractivity contribution in [2.75, 3.05) is 104 Å². The molecule has 0 aliphatic carbocycles. The Labute approximate surface area is 763 Å². The Morgan fingerprint density at radius 1 is 0.523 bits per heavy atom. The van der Waals surface area contributed by atoms with E-state index in [1.165, 1.54) is 63.4 Å². The van der Waals surface area contributed by atoms with Crippen LogP contribution in [0.25, 0.3) is 11.3 Å². The Balaban J connectivity index is 0.000000173. The van der Waals surface area contributed by atoms with Gasteiger partial charge in [-0.15, -0.1) is 0 Å². The van der Waals surface area contributed by atoms with Gasteiger partial charge in [0.1, 0.15) is 55.4 Å². The van der Waals surface area contributed by atoms with Crippen molar-refractivity contribution in [2.24, 2.45) is 15.9 Å². The molecule has 6 aromatic carbocycles. The van der Waals surface area contributed by atoms with E-state index in [9.17, 15) is 68.7 Å². The van der Waals surface area contributed by atoms with Gasteiger partial charge in [0, 0.05) is 87.6 Å². The van der Waals surface area contributed by atoms with Gasteiger partial charge in [-0.3, -0.25) is 64.2 Å². The summed E-state index contributed by atoms with van der Waals surface area (Å²) in [7, 11) is 4.74. The van der Waals surface area contributed by atoms with Crippen LogP contribution in [0, 0.1) is 36.3 Å². The largest absolute Gasteiger partial charge is 0.497 e. The van der Waals surface area contributed by atoms with Crippen LogP contribution in [-0.2, 0) is 52.8 Å². The number of carbonyl (C=O) groups is 8. The van der Waals surface area contributed by atoms with E-state index >= 15 is 0 Å². The number of nitro groups is 3. The number of piperidine rings is 2. The van der Waals surface area contributed by atoms with E-state index in [4.69, 9.17) is 66.5 Å². The number of Topliss-reactive ketones (excluding diaryl/α,β-unsaturated/α-hetero) is 3. The van der Waals surface area contributed by atoms with Crippen molar-refractivity contribution in [2.45, 2.75) is 157 Å². The van der Waals surface area contributed by atoms with Gasteiger partial charge in [-0.1, -0.05) is 96.5 Å². The molecular formula is C94H109Cl2N13O21. The molecule has 7 aliphatic heterocycles. The van der Waals surface area contributed by atoms with Crippen LogP contribution < -0.4 is 24.4 Å². The van der Waals surface area contributed by atoms with Crippen LogP contribution in [0.4, 0.5) is 47.6 Å². The second-order valence-electron chi connectivity index (χ2n) is 35.2. The summed E-state index contributed by atoms with van der Waals surface area (Å²) in [5.41, 5.74) is 10.1. The molecule has 36 heteroatoms. The average molecular weight is 1830 g/mol. The lowest BCUT2D eigenvalue weighted by atomic mass is 9.87. The number of benzene rings is 6. The standard InChI is InChI=1S/C25H28N4O5.C24H23Cl2N3O3.C18H21N3O4.C17H20N2O6.C10H17NO3/c1-25(2,3)34-24(30)27-14-13-20-22(16-27)28(15-17-9-11-18(33-4)12-10-17)26-23(20)19-7-5-6-8-21(19)29(31)32;1-4-20(30)28-17-8-6-5-7-16(17)23-15-9-10-29(13-14(15)12-27-23)24-21(25)18(31-2)11-19(32-3)22(24)26;1-18(2,3)25-17(22)20-9-8-13-12(11-20)10-19-16(13)14-6-4-5-7-15(14)21(23)24;1-17(2,3)25-16(22)18-9-8-12(14(20)10-18)15(21)11-6-4-5-7-13(11)19(23)24;1-10(2,3)14-9(13)11-6-4-5-8(12)7-11/h5-12H,13-16H2,1-4H3;4-8,11H,1,9-10,12-13H2,2-3H3,(H,28,30);4-7H,8-11H2,1-3H3;4-7,12H,8-10H2,1-3H3;4-7H2,1-3H3. The zero-order chi connectivity index (χ0) is 95.0. The number of nitro benzene ring substituents is 3. The topological polar surface area (TPSA) is 401 Å². The average Bonchev–Trinajstić information content (AvgIpc) is 1.56. The summed E-state index contributed by atoms with van der Waals surface area (Å²) in [4.78, 5) is 147. The first-order valence-corrected chi connectivity index (χ1v) is 43.0. The molecule has 1 aromatic heterocycles. The predicted molar refractivity (Wildman–Crippen MR) is 491 cm³/mol. The summed E-state index contributed by atoms with van der Waals surface area (Å²) >= 11 is 13.3. The first-order valence-electron chi connectivity index (χ1n) is 42.2. The summed E-state index contributed by atoms with van der Waals surface area (Å²) < 4.78 is 39.3. The third-order valence-corrected chi connectivity index (χ3v) is 21.8. The van der Waals surface area contributed by atoms with Crippen LogP contribution in [0.1, 0.15) is 153 Å². The van der Waals surface area contributed by atoms with Crippen molar-refractivity contribution in [3.8, 4) is 28.5 Å². The van der Waals surface area contributed by atoms with Crippen molar-refractivity contribution >= 4 is 111 Å². The van der Waals surface area contributed by atoms with Gasteiger partial charge in [-0.2, -0.15) is 5.10 Å². The number of para-hydroxylation sites is 4. The van der Waals surface area contributed by atoms with Crippen LogP contribution in [-0.4, -0.2) is 219 Å². The molecule has 7 aromatic rings. The Kier molecular flexibility index (Phi) is 32.5. The SMILES string of the molecule is C=CC(=O)Nc1ccccc1C1=NCC2=C1CCN(c1c(Cl)c(OC)cc(OC)c1Cl)C2.CC(C)(C)OC(=O)N1CCC(C(=O)c2ccccc2[N+](=O)[O-])C(=O)C1.CC(C)(C)OC(=O)N1CCC2=C(CN=C2c2ccccc2[N+](=O)[O-])C1.CC(C)(C)OC(=O)N1CCCC(=O)C1.COc1ccc(Cn2nc(-c3ccccc3[N+](=O)[O-])c3c2CN(C(=O)OC(C)(C)C)CC3)cc1. The number of fused-ring (bicyclic) bond motifs is 1. The van der Waals surface area contributed by atoms with Crippen LogP contribution >= 0.6 is 23.2 Å². The number of carbonyl (C=O) groups excluding carboxylic acids is 8. The monoisotopic (exact) mass is 1830 g/mol. The van der Waals surface area contributed by atoms with E-state index in [1.54, 1.807) is 94.4 Å². The second-order valence-corrected chi connectivity index (χ2v) is 35.9. The number of aromatic nitrogens is 2. The molecule has 34 nitrogen and oxygen atoms in total. The fourth-order valence-corrected chi connectivity index (χ4v) is 15.9. The summed E-state index contributed by atoms with van der Waals surface area (Å²) in [5.74, 6) is -0.376. The predicted octanol–water partition coefficient (Wildman–Crippen LogP) is 17.5. The van der Waals surface area contributed by atoms with Gasteiger partial charge in [0.2, 0.25) is 5.91 Å².